The molecule has 1 aliphatic rings. The molecular weight excluding hydrogens is 190 g/mol. The first-order valence-electron chi connectivity index (χ1n) is 5.42. The molecule has 1 aromatic rings. The van der Waals surface area contributed by atoms with Crippen molar-refractivity contribution in [2.45, 2.75) is 32.2 Å². The highest BCUT2D eigenvalue weighted by Gasteiger charge is 2.22. The molecule has 4 nitrogen and oxygen atoms in total. The molecule has 0 radical (unpaired) electrons. The topological polar surface area (TPSA) is 46.9 Å². The maximum absolute atomic E-state index is 11.9. The summed E-state index contributed by atoms with van der Waals surface area (Å²) in [5.41, 5.74) is 1.98. The molecule has 0 aromatic carbocycles. The summed E-state index contributed by atoms with van der Waals surface area (Å²) in [5, 5.41) is 7.46. The Labute approximate surface area is 89.7 Å². The highest BCUT2D eigenvalue weighted by atomic mass is 16.1. The molecule has 0 aliphatic carbocycles. The van der Waals surface area contributed by atoms with Gasteiger partial charge in [0.1, 0.15) is 0 Å². The van der Waals surface area contributed by atoms with Crippen LogP contribution in [0, 0.1) is 6.92 Å². The van der Waals surface area contributed by atoms with Crippen LogP contribution in [0.3, 0.4) is 0 Å². The molecule has 0 spiro atoms. The second-order valence-corrected chi connectivity index (χ2v) is 4.19. The number of hydrogen-bond donors (Lipinski definition) is 1. The molecule has 82 valence electrons. The zero-order valence-electron chi connectivity index (χ0n) is 9.29. The largest absolute Gasteiger partial charge is 0.307 e. The van der Waals surface area contributed by atoms with Crippen LogP contribution in [0.2, 0.25) is 0 Å². The number of carbonyl (C=O) groups excluding carboxylic acids is 1. The van der Waals surface area contributed by atoms with Gasteiger partial charge < -0.3 is 5.32 Å². The first kappa shape index (κ1) is 10.4. The highest BCUT2D eigenvalue weighted by Crippen LogP contribution is 2.10. The molecule has 0 bridgehead atoms. The van der Waals surface area contributed by atoms with Gasteiger partial charge in [0.2, 0.25) is 0 Å². The maximum atomic E-state index is 11.9. The van der Waals surface area contributed by atoms with Gasteiger partial charge in [-0.1, -0.05) is 0 Å². The summed E-state index contributed by atoms with van der Waals surface area (Å²) in [5.74, 6) is 0.288. The van der Waals surface area contributed by atoms with Crippen molar-refractivity contribution in [1.82, 2.24) is 15.1 Å². The quantitative estimate of drug-likeness (QED) is 0.789. The van der Waals surface area contributed by atoms with Gasteiger partial charge in [-0.3, -0.25) is 9.48 Å². The zero-order valence-corrected chi connectivity index (χ0v) is 9.29. The molecule has 15 heavy (non-hydrogen) atoms. The smallest absolute Gasteiger partial charge is 0.155 e. The molecule has 1 aromatic heterocycles. The number of Topliss-reactive ketones (excluding diaryl/α,β-unsaturated/α-hetero) is 1. The molecule has 1 aliphatic heterocycles. The maximum Gasteiger partial charge on any atom is 0.155 e. The van der Waals surface area contributed by atoms with Crippen LogP contribution in [0.15, 0.2) is 6.07 Å². The van der Waals surface area contributed by atoms with Crippen LogP contribution in [0.4, 0.5) is 0 Å². The van der Waals surface area contributed by atoms with E-state index in [1.54, 1.807) is 4.68 Å². The Morgan fingerprint density at radius 2 is 2.53 bits per heavy atom. The van der Waals surface area contributed by atoms with Crippen LogP contribution in [-0.4, -0.2) is 28.2 Å². The number of ketones is 1. The summed E-state index contributed by atoms with van der Waals surface area (Å²) >= 11 is 0. The van der Waals surface area contributed by atoms with E-state index in [0.29, 0.717) is 6.42 Å². The van der Waals surface area contributed by atoms with Gasteiger partial charge in [0, 0.05) is 19.2 Å². The van der Waals surface area contributed by atoms with Crippen molar-refractivity contribution in [2.75, 3.05) is 6.54 Å². The molecule has 1 fully saturated rings. The van der Waals surface area contributed by atoms with Crippen molar-refractivity contribution >= 4 is 5.78 Å². The molecule has 1 unspecified atom stereocenters. The van der Waals surface area contributed by atoms with Gasteiger partial charge in [0.15, 0.2) is 5.78 Å². The standard InChI is InChI=1S/C11H17N3O/c1-8-6-9(14(2)13-8)7-11(15)10-4-3-5-12-10/h6,10,12H,3-5,7H2,1-2H3. The molecule has 0 amide bonds. The minimum atomic E-state index is 0.0696. The van der Waals surface area contributed by atoms with Gasteiger partial charge in [-0.15, -0.1) is 0 Å². The van der Waals surface area contributed by atoms with Gasteiger partial charge in [0.25, 0.3) is 0 Å². The SMILES string of the molecule is Cc1cc(CC(=O)C2CCCN2)n(C)n1. The molecule has 1 saturated heterocycles. The van der Waals surface area contributed by atoms with Crippen LogP contribution in [-0.2, 0) is 18.3 Å². The van der Waals surface area contributed by atoms with E-state index < -0.39 is 0 Å². The normalized spacial score (nSPS) is 20.8. The minimum absolute atomic E-state index is 0.0696. The molecule has 1 N–H and O–H groups in total. The van der Waals surface area contributed by atoms with Crippen molar-refractivity contribution < 1.29 is 4.79 Å². The summed E-state index contributed by atoms with van der Waals surface area (Å²) < 4.78 is 1.79. The van der Waals surface area contributed by atoms with Crippen molar-refractivity contribution in [3.63, 3.8) is 0 Å². The first-order chi connectivity index (χ1) is 7.16. The van der Waals surface area contributed by atoms with E-state index in [1.165, 1.54) is 0 Å². The Kier molecular flexibility index (Phi) is 2.86. The fourth-order valence-corrected chi connectivity index (χ4v) is 2.09. The second-order valence-electron chi connectivity index (χ2n) is 4.19. The third-order valence-corrected chi connectivity index (χ3v) is 2.90. The summed E-state index contributed by atoms with van der Waals surface area (Å²) in [6.07, 6.45) is 2.59. The van der Waals surface area contributed by atoms with E-state index in [0.717, 1.165) is 30.8 Å². The summed E-state index contributed by atoms with van der Waals surface area (Å²) in [7, 11) is 1.89. The number of rotatable bonds is 3. The summed E-state index contributed by atoms with van der Waals surface area (Å²) in [6.45, 7) is 2.92. The lowest BCUT2D eigenvalue weighted by Gasteiger charge is -2.08. The van der Waals surface area contributed by atoms with Crippen molar-refractivity contribution in [3.05, 3.63) is 17.5 Å². The molecule has 0 saturated carbocycles. The fourth-order valence-electron chi connectivity index (χ4n) is 2.09. The van der Waals surface area contributed by atoms with Crippen molar-refractivity contribution in [3.8, 4) is 0 Å². The Morgan fingerprint density at radius 1 is 1.73 bits per heavy atom. The highest BCUT2D eigenvalue weighted by molar-refractivity contribution is 5.86. The van der Waals surface area contributed by atoms with Crippen molar-refractivity contribution in [1.29, 1.82) is 0 Å². The molecular formula is C11H17N3O. The van der Waals surface area contributed by atoms with E-state index in [2.05, 4.69) is 10.4 Å². The number of aryl methyl sites for hydroxylation is 2. The second kappa shape index (κ2) is 4.14. The fraction of sp³-hybridized carbons (Fsp3) is 0.636. The predicted molar refractivity (Wildman–Crippen MR) is 57.7 cm³/mol. The van der Waals surface area contributed by atoms with E-state index in [1.807, 2.05) is 20.0 Å². The monoisotopic (exact) mass is 207 g/mol. The van der Waals surface area contributed by atoms with Gasteiger partial charge in [-0.05, 0) is 32.4 Å². The summed E-state index contributed by atoms with van der Waals surface area (Å²) in [4.78, 5) is 11.9. The average Bonchev–Trinajstić information content (AvgIpc) is 2.76. The van der Waals surface area contributed by atoms with Crippen LogP contribution >= 0.6 is 0 Å². The Balaban J connectivity index is 2.01. The number of nitrogens with zero attached hydrogens (tertiary/aromatic N) is 2. The number of aromatic nitrogens is 2. The average molecular weight is 207 g/mol. The molecule has 1 atom stereocenters. The van der Waals surface area contributed by atoms with E-state index in [9.17, 15) is 4.79 Å². The van der Waals surface area contributed by atoms with Gasteiger partial charge >= 0.3 is 0 Å². The van der Waals surface area contributed by atoms with E-state index in [-0.39, 0.29) is 11.8 Å². The molecule has 2 heterocycles. The van der Waals surface area contributed by atoms with Gasteiger partial charge in [-0.2, -0.15) is 5.10 Å². The molecule has 2 rings (SSSR count). The van der Waals surface area contributed by atoms with E-state index in [4.69, 9.17) is 0 Å². The number of hydrogen-bond acceptors (Lipinski definition) is 3. The van der Waals surface area contributed by atoms with Crippen LogP contribution in [0.1, 0.15) is 24.2 Å². The number of nitrogens with one attached hydrogen (secondary N) is 1. The lowest BCUT2D eigenvalue weighted by molar-refractivity contribution is -0.120. The van der Waals surface area contributed by atoms with Crippen LogP contribution < -0.4 is 5.32 Å². The van der Waals surface area contributed by atoms with Crippen LogP contribution in [0.5, 0.6) is 0 Å². The third-order valence-electron chi connectivity index (χ3n) is 2.90. The minimum Gasteiger partial charge on any atom is -0.307 e. The Bertz CT molecular complexity index is 364. The van der Waals surface area contributed by atoms with Crippen molar-refractivity contribution in [2.24, 2.45) is 7.05 Å². The molecule has 4 heteroatoms. The number of carbonyl (C=O) groups is 1. The summed E-state index contributed by atoms with van der Waals surface area (Å²) in [6, 6.07) is 2.05. The van der Waals surface area contributed by atoms with Gasteiger partial charge in [0.05, 0.1) is 11.7 Å². The van der Waals surface area contributed by atoms with Gasteiger partial charge in [-0.25, -0.2) is 0 Å². The predicted octanol–water partition coefficient (Wildman–Crippen LogP) is 0.592. The third kappa shape index (κ3) is 2.26. The van der Waals surface area contributed by atoms with E-state index >= 15 is 0 Å². The lowest BCUT2D eigenvalue weighted by Crippen LogP contribution is -2.32. The lowest BCUT2D eigenvalue weighted by atomic mass is 10.1. The first-order valence-corrected chi connectivity index (χ1v) is 5.42. The Morgan fingerprint density at radius 3 is 3.07 bits per heavy atom. The zero-order chi connectivity index (χ0) is 10.8. The Hall–Kier alpha value is -1.16. The van der Waals surface area contributed by atoms with Crippen LogP contribution in [0.25, 0.3) is 0 Å².